The van der Waals surface area contributed by atoms with Crippen LogP contribution in [-0.2, 0) is 0 Å². The van der Waals surface area contributed by atoms with E-state index in [0.29, 0.717) is 11.3 Å². The standard InChI is InChI=1S/C66H40N6/c1-68-46-26-30-50(31-27-46)70(52-33-39-64-58(41-52)54-17-9-11-19-60(54)72(64)48-14-6-3-7-15-48)62-37-25-45-22-34-55-61(36-24-44-23-35-56(62)66(45)65(44)55)69(49-28-20-43(42-67)21-29-49)51-32-38-63-57(40-51)53-16-8-10-18-59(53)71(63)47-12-4-2-5-13-47/h2-41H. The molecule has 12 aromatic carbocycles. The summed E-state index contributed by atoms with van der Waals surface area (Å²) in [4.78, 5) is 8.44. The highest BCUT2D eigenvalue weighted by atomic mass is 15.2. The number of aromatic nitrogens is 2. The number of para-hydroxylation sites is 4. The molecule has 0 atom stereocenters. The Hall–Kier alpha value is -10.1. The summed E-state index contributed by atoms with van der Waals surface area (Å²) in [6.45, 7) is 7.79. The van der Waals surface area contributed by atoms with Gasteiger partial charge in [-0.15, -0.1) is 0 Å². The first-order chi connectivity index (χ1) is 35.6. The average Bonchev–Trinajstić information content (AvgIpc) is 3.96. The van der Waals surface area contributed by atoms with Crippen LogP contribution < -0.4 is 9.80 Å². The summed E-state index contributed by atoms with van der Waals surface area (Å²) in [5.41, 5.74) is 14.0. The van der Waals surface area contributed by atoms with Crippen LogP contribution in [-0.4, -0.2) is 9.13 Å². The SMILES string of the molecule is [C-]#[N+]c1ccc(N(c2ccc3c(c2)c2ccccc2n3-c2ccccc2)c2ccc3ccc4c(N(c5ccc(C#N)cc5)c5ccc6c(c5)c5ccccc5n6-c5ccccc5)ccc5ccc2c3c54)cc1. The van der Waals surface area contributed by atoms with Gasteiger partial charge in [-0.1, -0.05) is 121 Å². The van der Waals surface area contributed by atoms with Gasteiger partial charge in [0.25, 0.3) is 0 Å². The van der Waals surface area contributed by atoms with E-state index < -0.39 is 0 Å². The summed E-state index contributed by atoms with van der Waals surface area (Å²) in [5.74, 6) is 0. The van der Waals surface area contributed by atoms with Crippen molar-refractivity contribution in [2.45, 2.75) is 0 Å². The van der Waals surface area contributed by atoms with Gasteiger partial charge in [0, 0.05) is 66.4 Å². The van der Waals surface area contributed by atoms with Crippen LogP contribution in [0, 0.1) is 17.9 Å². The molecule has 6 heteroatoms. The first-order valence-corrected chi connectivity index (χ1v) is 24.1. The smallest absolute Gasteiger partial charge is 0.187 e. The minimum atomic E-state index is 0.593. The summed E-state index contributed by atoms with van der Waals surface area (Å²) in [7, 11) is 0. The van der Waals surface area contributed by atoms with Gasteiger partial charge < -0.3 is 18.9 Å². The van der Waals surface area contributed by atoms with Crippen LogP contribution in [0.4, 0.5) is 39.8 Å². The van der Waals surface area contributed by atoms with Gasteiger partial charge in [-0.3, -0.25) is 0 Å². The van der Waals surface area contributed by atoms with Crippen LogP contribution in [0.25, 0.3) is 92.1 Å². The zero-order valence-electron chi connectivity index (χ0n) is 38.8. The monoisotopic (exact) mass is 916 g/mol. The van der Waals surface area contributed by atoms with E-state index in [9.17, 15) is 5.26 Å². The van der Waals surface area contributed by atoms with Gasteiger partial charge in [0.15, 0.2) is 5.69 Å². The molecule has 0 amide bonds. The van der Waals surface area contributed by atoms with Gasteiger partial charge in [0.1, 0.15) is 0 Å². The van der Waals surface area contributed by atoms with E-state index in [-0.39, 0.29) is 0 Å². The van der Waals surface area contributed by atoms with Crippen LogP contribution in [0.2, 0.25) is 0 Å². The van der Waals surface area contributed by atoms with Gasteiger partial charge in [-0.2, -0.15) is 5.26 Å². The summed E-state index contributed by atoms with van der Waals surface area (Å²) < 4.78 is 4.69. The molecule has 0 aliphatic heterocycles. The van der Waals surface area contributed by atoms with Crippen molar-refractivity contribution in [1.29, 1.82) is 5.26 Å². The van der Waals surface area contributed by atoms with E-state index in [0.717, 1.165) is 99.9 Å². The lowest BCUT2D eigenvalue weighted by molar-refractivity contribution is 1.18. The molecular formula is C66H40N6. The Morgan fingerprint density at radius 1 is 0.361 bits per heavy atom. The van der Waals surface area contributed by atoms with Crippen molar-refractivity contribution in [1.82, 2.24) is 9.13 Å². The zero-order chi connectivity index (χ0) is 47.9. The van der Waals surface area contributed by atoms with Gasteiger partial charge in [0.05, 0.1) is 51.6 Å². The molecule has 0 fully saturated rings. The number of fused-ring (bicyclic) bond motifs is 6. The lowest BCUT2D eigenvalue weighted by atomic mass is 9.91. The maximum atomic E-state index is 9.90. The quantitative estimate of drug-likeness (QED) is 0.113. The molecule has 72 heavy (non-hydrogen) atoms. The number of benzene rings is 12. The molecule has 2 heterocycles. The van der Waals surface area contributed by atoms with Crippen LogP contribution in [0.5, 0.6) is 0 Å². The summed E-state index contributed by atoms with van der Waals surface area (Å²) in [6, 6.07) is 88.2. The van der Waals surface area contributed by atoms with Gasteiger partial charge in [-0.05, 0) is 143 Å². The Morgan fingerprint density at radius 3 is 1.22 bits per heavy atom. The Morgan fingerprint density at radius 2 is 0.764 bits per heavy atom. The van der Waals surface area contributed by atoms with Crippen molar-refractivity contribution in [2.24, 2.45) is 0 Å². The Kier molecular flexibility index (Phi) is 9.23. The second-order valence-corrected chi connectivity index (χ2v) is 18.3. The highest BCUT2D eigenvalue weighted by molar-refractivity contribution is 6.28. The molecule has 0 aliphatic carbocycles. The van der Waals surface area contributed by atoms with Crippen LogP contribution in [0.3, 0.4) is 0 Å². The normalized spacial score (nSPS) is 11.6. The lowest BCUT2D eigenvalue weighted by Crippen LogP contribution is -2.11. The summed E-state index contributed by atoms with van der Waals surface area (Å²) in [6.07, 6.45) is 0. The van der Waals surface area contributed by atoms with Crippen LogP contribution >= 0.6 is 0 Å². The Balaban J connectivity index is 0.990. The van der Waals surface area contributed by atoms with E-state index in [1.54, 1.807) is 0 Å². The fourth-order valence-corrected chi connectivity index (χ4v) is 11.3. The molecule has 0 saturated carbocycles. The molecule has 0 radical (unpaired) electrons. The van der Waals surface area contributed by atoms with Crippen LogP contribution in [0.1, 0.15) is 5.56 Å². The third-order valence-corrected chi connectivity index (χ3v) is 14.4. The maximum absolute atomic E-state index is 9.90. The number of nitrogens with zero attached hydrogens (tertiary/aromatic N) is 6. The minimum Gasteiger partial charge on any atom is -0.310 e. The third kappa shape index (κ3) is 6.27. The molecular weight excluding hydrogens is 877 g/mol. The second kappa shape index (κ2) is 16.2. The Labute approximate surface area is 415 Å². The minimum absolute atomic E-state index is 0.593. The number of hydrogen-bond acceptors (Lipinski definition) is 3. The van der Waals surface area contributed by atoms with E-state index in [4.69, 9.17) is 6.57 Å². The highest BCUT2D eigenvalue weighted by Crippen LogP contribution is 2.49. The van der Waals surface area contributed by atoms with Gasteiger partial charge >= 0.3 is 0 Å². The molecule has 0 bridgehead atoms. The predicted octanol–water partition coefficient (Wildman–Crippen LogP) is 18.1. The van der Waals surface area contributed by atoms with Crippen LogP contribution in [0.15, 0.2) is 243 Å². The predicted molar refractivity (Wildman–Crippen MR) is 299 cm³/mol. The van der Waals surface area contributed by atoms with Gasteiger partial charge in [0.2, 0.25) is 0 Å². The maximum Gasteiger partial charge on any atom is 0.187 e. The van der Waals surface area contributed by atoms with Crippen molar-refractivity contribution < 1.29 is 0 Å². The highest BCUT2D eigenvalue weighted by Gasteiger charge is 2.24. The van der Waals surface area contributed by atoms with Gasteiger partial charge in [-0.25, -0.2) is 4.85 Å². The van der Waals surface area contributed by atoms with Crippen molar-refractivity contribution in [3.05, 3.63) is 260 Å². The molecule has 14 aromatic rings. The topological polar surface area (TPSA) is 44.5 Å². The number of rotatable bonds is 8. The molecule has 334 valence electrons. The molecule has 0 N–H and O–H groups in total. The van der Waals surface area contributed by atoms with E-state index in [1.165, 1.54) is 21.5 Å². The van der Waals surface area contributed by atoms with E-state index >= 15 is 0 Å². The average molecular weight is 917 g/mol. The first-order valence-electron chi connectivity index (χ1n) is 24.1. The first kappa shape index (κ1) is 40.9. The fraction of sp³-hybridized carbons (Fsp3) is 0. The molecule has 14 rings (SSSR count). The molecule has 6 nitrogen and oxygen atoms in total. The molecule has 0 unspecified atom stereocenters. The zero-order valence-corrected chi connectivity index (χ0v) is 38.8. The largest absolute Gasteiger partial charge is 0.310 e. The molecule has 0 spiro atoms. The lowest BCUT2D eigenvalue weighted by Gasteiger charge is -2.29. The number of anilines is 6. The number of nitriles is 1. The third-order valence-electron chi connectivity index (χ3n) is 14.4. The summed E-state index contributed by atoms with van der Waals surface area (Å²) >= 11 is 0. The van der Waals surface area contributed by atoms with E-state index in [2.05, 4.69) is 248 Å². The molecule has 0 aliphatic rings. The molecule has 2 aromatic heterocycles. The van der Waals surface area contributed by atoms with E-state index in [1.807, 2.05) is 24.3 Å². The van der Waals surface area contributed by atoms with Crippen molar-refractivity contribution >= 4 is 116 Å². The summed E-state index contributed by atoms with van der Waals surface area (Å²) in [5, 5.41) is 21.4. The van der Waals surface area contributed by atoms with Crippen molar-refractivity contribution in [3.8, 4) is 17.4 Å². The van der Waals surface area contributed by atoms with Crippen molar-refractivity contribution in [2.75, 3.05) is 9.80 Å². The fourth-order valence-electron chi connectivity index (χ4n) is 11.3. The second-order valence-electron chi connectivity index (χ2n) is 18.3. The molecule has 0 saturated heterocycles. The number of hydrogen-bond donors (Lipinski definition) is 0. The Bertz CT molecular complexity index is 4230. The van der Waals surface area contributed by atoms with Crippen molar-refractivity contribution in [3.63, 3.8) is 0 Å².